The summed E-state index contributed by atoms with van der Waals surface area (Å²) in [5, 5.41) is 23.3. The number of hydrogen-bond acceptors (Lipinski definition) is 3. The third-order valence-corrected chi connectivity index (χ3v) is 4.10. The van der Waals surface area contributed by atoms with Crippen LogP contribution in [0.4, 0.5) is 0 Å². The monoisotopic (exact) mass is 263 g/mol. The van der Waals surface area contributed by atoms with Crippen LogP contribution in [0.25, 0.3) is 0 Å². The van der Waals surface area contributed by atoms with Crippen molar-refractivity contribution in [2.24, 2.45) is 0 Å². The molecule has 1 saturated carbocycles. The number of rotatable bonds is 3. The number of nitrogens with one attached hydrogen (secondary N) is 1. The molecule has 0 amide bonds. The van der Waals surface area contributed by atoms with Gasteiger partial charge < -0.3 is 15.5 Å². The van der Waals surface area contributed by atoms with Gasteiger partial charge in [-0.15, -0.1) is 0 Å². The normalized spacial score (nSPS) is 24.2. The topological polar surface area (TPSA) is 52.5 Å². The first-order valence-electron chi connectivity index (χ1n) is 7.28. The first-order valence-corrected chi connectivity index (χ1v) is 7.28. The second-order valence-corrected chi connectivity index (χ2v) is 5.77. The Hall–Kier alpha value is -1.06. The van der Waals surface area contributed by atoms with Crippen LogP contribution in [0.15, 0.2) is 12.1 Å². The largest absolute Gasteiger partial charge is 0.507 e. The molecule has 19 heavy (non-hydrogen) atoms. The highest BCUT2D eigenvalue weighted by Gasteiger charge is 2.20. The molecule has 2 rings (SSSR count). The minimum Gasteiger partial charge on any atom is -0.507 e. The van der Waals surface area contributed by atoms with Gasteiger partial charge in [0, 0.05) is 12.6 Å². The average molecular weight is 263 g/mol. The van der Waals surface area contributed by atoms with Gasteiger partial charge in [0.2, 0.25) is 0 Å². The minimum absolute atomic E-state index is 0.205. The summed E-state index contributed by atoms with van der Waals surface area (Å²) in [5.41, 5.74) is 3.00. The molecule has 1 aliphatic carbocycles. The van der Waals surface area contributed by atoms with Crippen LogP contribution in [-0.2, 0) is 6.54 Å². The summed E-state index contributed by atoms with van der Waals surface area (Å²) in [6, 6.07) is 4.23. The van der Waals surface area contributed by atoms with Gasteiger partial charge >= 0.3 is 0 Å². The molecule has 1 aliphatic rings. The summed E-state index contributed by atoms with van der Waals surface area (Å²) in [4.78, 5) is 0. The van der Waals surface area contributed by atoms with Gasteiger partial charge in [-0.1, -0.05) is 31.4 Å². The minimum atomic E-state index is -0.221. The molecule has 3 nitrogen and oxygen atoms in total. The standard InChI is InChI=1S/C16H25NO2/c1-11-8-13(9-12(2)16(11)19)10-17-14-6-4-3-5-7-15(14)18/h8-9,14-15,17-19H,3-7,10H2,1-2H3. The molecule has 106 valence electrons. The zero-order chi connectivity index (χ0) is 13.8. The zero-order valence-corrected chi connectivity index (χ0v) is 11.9. The van der Waals surface area contributed by atoms with Gasteiger partial charge in [-0.05, 0) is 43.4 Å². The molecule has 0 bridgehead atoms. The summed E-state index contributed by atoms with van der Waals surface area (Å²) in [6.07, 6.45) is 5.30. The summed E-state index contributed by atoms with van der Waals surface area (Å²) >= 11 is 0. The maximum absolute atomic E-state index is 10.1. The number of aromatic hydroxyl groups is 1. The smallest absolute Gasteiger partial charge is 0.121 e. The van der Waals surface area contributed by atoms with Crippen LogP contribution in [0.3, 0.4) is 0 Å². The van der Waals surface area contributed by atoms with Gasteiger partial charge in [-0.25, -0.2) is 0 Å². The highest BCUT2D eigenvalue weighted by atomic mass is 16.3. The molecule has 0 radical (unpaired) electrons. The van der Waals surface area contributed by atoms with Crippen LogP contribution < -0.4 is 5.32 Å². The third-order valence-electron chi connectivity index (χ3n) is 4.10. The Labute approximate surface area is 115 Å². The molecule has 2 atom stereocenters. The van der Waals surface area contributed by atoms with Crippen molar-refractivity contribution in [1.82, 2.24) is 5.32 Å². The Morgan fingerprint density at radius 1 is 1.11 bits per heavy atom. The molecule has 1 fully saturated rings. The van der Waals surface area contributed by atoms with E-state index in [1.54, 1.807) is 0 Å². The number of aliphatic hydroxyl groups is 1. The quantitative estimate of drug-likeness (QED) is 0.735. The van der Waals surface area contributed by atoms with E-state index in [0.29, 0.717) is 5.75 Å². The van der Waals surface area contributed by atoms with Crippen molar-refractivity contribution >= 4 is 0 Å². The maximum atomic E-state index is 10.1. The molecule has 1 aromatic rings. The molecular weight excluding hydrogens is 238 g/mol. The molecule has 0 aliphatic heterocycles. The zero-order valence-electron chi connectivity index (χ0n) is 11.9. The Bertz CT molecular complexity index is 408. The highest BCUT2D eigenvalue weighted by molar-refractivity contribution is 5.42. The number of hydrogen-bond donors (Lipinski definition) is 3. The van der Waals surface area contributed by atoms with Crippen LogP contribution in [0.1, 0.15) is 48.8 Å². The average Bonchev–Trinajstić information content (AvgIpc) is 2.58. The van der Waals surface area contributed by atoms with Crippen LogP contribution in [0, 0.1) is 13.8 Å². The highest BCUT2D eigenvalue weighted by Crippen LogP contribution is 2.23. The van der Waals surface area contributed by atoms with Crippen LogP contribution in [0.2, 0.25) is 0 Å². The lowest BCUT2D eigenvalue weighted by Gasteiger charge is -2.22. The van der Waals surface area contributed by atoms with Crippen molar-refractivity contribution in [3.05, 3.63) is 28.8 Å². The third kappa shape index (κ3) is 3.71. The Kier molecular flexibility index (Phi) is 4.83. The Morgan fingerprint density at radius 3 is 2.42 bits per heavy atom. The first-order chi connectivity index (χ1) is 9.08. The van der Waals surface area contributed by atoms with Crippen LogP contribution in [-0.4, -0.2) is 22.4 Å². The van der Waals surface area contributed by atoms with Crippen molar-refractivity contribution in [2.45, 2.75) is 64.6 Å². The molecule has 0 heterocycles. The van der Waals surface area contributed by atoms with Gasteiger partial charge in [0.25, 0.3) is 0 Å². The van der Waals surface area contributed by atoms with Gasteiger partial charge in [0.05, 0.1) is 6.10 Å². The number of phenols is 1. The first kappa shape index (κ1) is 14.4. The van der Waals surface area contributed by atoms with E-state index in [1.165, 1.54) is 18.4 Å². The van der Waals surface area contributed by atoms with E-state index in [-0.39, 0.29) is 12.1 Å². The van der Waals surface area contributed by atoms with E-state index in [1.807, 2.05) is 26.0 Å². The molecule has 1 aromatic carbocycles. The lowest BCUT2D eigenvalue weighted by molar-refractivity contribution is 0.119. The number of phenolic OH excluding ortho intramolecular Hbond substituents is 1. The molecule has 0 aromatic heterocycles. The van der Waals surface area contributed by atoms with Crippen molar-refractivity contribution < 1.29 is 10.2 Å². The number of aryl methyl sites for hydroxylation is 2. The molecular formula is C16H25NO2. The molecule has 3 N–H and O–H groups in total. The predicted octanol–water partition coefficient (Wildman–Crippen LogP) is 2.79. The van der Waals surface area contributed by atoms with Crippen LogP contribution in [0.5, 0.6) is 5.75 Å². The van der Waals surface area contributed by atoms with Crippen molar-refractivity contribution in [3.63, 3.8) is 0 Å². The fraction of sp³-hybridized carbons (Fsp3) is 0.625. The summed E-state index contributed by atoms with van der Waals surface area (Å²) in [5.74, 6) is 0.387. The van der Waals surface area contributed by atoms with E-state index in [4.69, 9.17) is 0 Å². The fourth-order valence-corrected chi connectivity index (χ4v) is 2.92. The summed E-state index contributed by atoms with van der Waals surface area (Å²) in [7, 11) is 0. The van der Waals surface area contributed by atoms with Gasteiger partial charge in [0.1, 0.15) is 5.75 Å². The lowest BCUT2D eigenvalue weighted by Crippen LogP contribution is -2.38. The van der Waals surface area contributed by atoms with Gasteiger partial charge in [0.15, 0.2) is 0 Å². The van der Waals surface area contributed by atoms with E-state index >= 15 is 0 Å². The van der Waals surface area contributed by atoms with Crippen LogP contribution >= 0.6 is 0 Å². The molecule has 3 heteroatoms. The van der Waals surface area contributed by atoms with Crippen molar-refractivity contribution in [2.75, 3.05) is 0 Å². The van der Waals surface area contributed by atoms with E-state index < -0.39 is 0 Å². The van der Waals surface area contributed by atoms with Gasteiger partial charge in [-0.3, -0.25) is 0 Å². The fourth-order valence-electron chi connectivity index (χ4n) is 2.92. The Balaban J connectivity index is 1.98. The van der Waals surface area contributed by atoms with Crippen molar-refractivity contribution in [3.8, 4) is 5.75 Å². The Morgan fingerprint density at radius 2 is 1.74 bits per heavy atom. The van der Waals surface area contributed by atoms with Crippen molar-refractivity contribution in [1.29, 1.82) is 0 Å². The number of aliphatic hydroxyl groups excluding tert-OH is 1. The molecule has 0 saturated heterocycles. The second-order valence-electron chi connectivity index (χ2n) is 5.77. The second kappa shape index (κ2) is 6.40. The summed E-state index contributed by atoms with van der Waals surface area (Å²) < 4.78 is 0. The SMILES string of the molecule is Cc1cc(CNC2CCCCCC2O)cc(C)c1O. The molecule has 2 unspecified atom stereocenters. The lowest BCUT2D eigenvalue weighted by atomic mass is 10.0. The van der Waals surface area contributed by atoms with E-state index in [2.05, 4.69) is 5.32 Å². The van der Waals surface area contributed by atoms with Gasteiger partial charge in [-0.2, -0.15) is 0 Å². The van der Waals surface area contributed by atoms with E-state index in [9.17, 15) is 10.2 Å². The predicted molar refractivity (Wildman–Crippen MR) is 77.3 cm³/mol. The number of benzene rings is 1. The van der Waals surface area contributed by atoms with E-state index in [0.717, 1.165) is 36.9 Å². The summed E-state index contributed by atoms with van der Waals surface area (Å²) in [6.45, 7) is 4.60. The maximum Gasteiger partial charge on any atom is 0.121 e. The molecule has 0 spiro atoms.